The molecule has 1 aliphatic heterocycles. The van der Waals surface area contributed by atoms with Crippen molar-refractivity contribution in [3.05, 3.63) is 131 Å². The van der Waals surface area contributed by atoms with Crippen molar-refractivity contribution in [2.24, 2.45) is 0 Å². The number of carbonyl (C=O) groups excluding carboxylic acids is 1. The fraction of sp³-hybridized carbons (Fsp3) is 0.138. The van der Waals surface area contributed by atoms with E-state index in [-0.39, 0.29) is 17.7 Å². The Morgan fingerprint density at radius 3 is 1.69 bits per heavy atom. The molecule has 1 N–H and O–H groups in total. The zero-order valence-electron chi connectivity index (χ0n) is 17.8. The summed E-state index contributed by atoms with van der Waals surface area (Å²) in [4.78, 5) is 13.4. The van der Waals surface area contributed by atoms with E-state index in [1.54, 1.807) is 0 Å². The van der Waals surface area contributed by atoms with Gasteiger partial charge in [-0.15, -0.1) is 0 Å². The van der Waals surface area contributed by atoms with Gasteiger partial charge in [0.05, 0.1) is 5.92 Å². The van der Waals surface area contributed by atoms with Crippen LogP contribution in [0.2, 0.25) is 0 Å². The van der Waals surface area contributed by atoms with Crippen LogP contribution in [0.3, 0.4) is 0 Å². The van der Waals surface area contributed by atoms with Crippen LogP contribution in [0.1, 0.15) is 40.5 Å². The molecule has 3 heteroatoms. The third kappa shape index (κ3) is 4.02. The van der Waals surface area contributed by atoms with Crippen LogP contribution in [-0.4, -0.2) is 12.5 Å². The molecule has 0 radical (unpaired) electrons. The Morgan fingerprint density at radius 2 is 1.16 bits per heavy atom. The number of rotatable bonds is 6. The number of ether oxygens (including phenoxy) is 1. The molecule has 0 saturated heterocycles. The lowest BCUT2D eigenvalue weighted by Gasteiger charge is -2.27. The van der Waals surface area contributed by atoms with Crippen LogP contribution in [0, 0.1) is 0 Å². The lowest BCUT2D eigenvalue weighted by molar-refractivity contribution is -0.121. The molecule has 1 aliphatic rings. The first-order valence-electron chi connectivity index (χ1n) is 11.0. The molecule has 4 aromatic rings. The highest BCUT2D eigenvalue weighted by molar-refractivity contribution is 5.89. The molecule has 0 unspecified atom stereocenters. The van der Waals surface area contributed by atoms with Gasteiger partial charge < -0.3 is 10.1 Å². The van der Waals surface area contributed by atoms with Crippen LogP contribution < -0.4 is 10.1 Å². The summed E-state index contributed by atoms with van der Waals surface area (Å²) >= 11 is 0. The predicted molar refractivity (Wildman–Crippen MR) is 127 cm³/mol. The molecule has 0 bridgehead atoms. The number of nitrogens with one attached hydrogen (secondary N) is 1. The van der Waals surface area contributed by atoms with E-state index >= 15 is 0 Å². The fourth-order valence-corrected chi connectivity index (χ4v) is 4.53. The molecular formula is C29H25NO2. The Bertz CT molecular complexity index is 1120. The number of para-hydroxylation sites is 2. The summed E-state index contributed by atoms with van der Waals surface area (Å²) < 4.78 is 6.04. The number of hydrogen-bond acceptors (Lipinski definition) is 2. The molecule has 32 heavy (non-hydrogen) atoms. The van der Waals surface area contributed by atoms with E-state index in [4.69, 9.17) is 4.74 Å². The number of carbonyl (C=O) groups is 1. The summed E-state index contributed by atoms with van der Waals surface area (Å²) in [6.07, 6.45) is 0.826. The maximum atomic E-state index is 13.4. The summed E-state index contributed by atoms with van der Waals surface area (Å²) in [5.74, 6) is 1.36. The average molecular weight is 420 g/mol. The monoisotopic (exact) mass is 419 g/mol. The van der Waals surface area contributed by atoms with Crippen LogP contribution in [-0.2, 0) is 4.79 Å². The lowest BCUT2D eigenvalue weighted by Crippen LogP contribution is -2.33. The van der Waals surface area contributed by atoms with E-state index in [9.17, 15) is 4.79 Å². The number of benzene rings is 4. The van der Waals surface area contributed by atoms with Gasteiger partial charge in [-0.25, -0.2) is 0 Å². The van der Waals surface area contributed by atoms with Crippen LogP contribution >= 0.6 is 0 Å². The fourth-order valence-electron chi connectivity index (χ4n) is 4.53. The standard InChI is InChI=1S/C29H25NO2/c31-29(28-24-15-7-9-17-26(24)32-27-18-10-8-16-25(27)28)30-20-19-23(21-11-3-1-4-12-21)22-13-5-2-6-14-22/h1-18,23,28H,19-20H2,(H,30,31). The molecule has 4 aromatic carbocycles. The van der Waals surface area contributed by atoms with Crippen molar-refractivity contribution in [3.8, 4) is 11.5 Å². The van der Waals surface area contributed by atoms with E-state index in [1.807, 2.05) is 60.7 Å². The van der Waals surface area contributed by atoms with E-state index in [1.165, 1.54) is 11.1 Å². The maximum absolute atomic E-state index is 13.4. The molecule has 1 heterocycles. The average Bonchev–Trinajstić information content (AvgIpc) is 2.86. The van der Waals surface area contributed by atoms with E-state index in [2.05, 4.69) is 53.8 Å². The van der Waals surface area contributed by atoms with Gasteiger partial charge in [0.2, 0.25) is 5.91 Å². The summed E-state index contributed by atoms with van der Waals surface area (Å²) in [5, 5.41) is 3.21. The number of amides is 1. The molecule has 1 amide bonds. The normalized spacial score (nSPS) is 12.5. The zero-order valence-corrected chi connectivity index (χ0v) is 17.8. The molecule has 0 fully saturated rings. The molecule has 0 aromatic heterocycles. The van der Waals surface area contributed by atoms with Crippen LogP contribution in [0.5, 0.6) is 11.5 Å². The number of hydrogen-bond donors (Lipinski definition) is 1. The third-order valence-corrected chi connectivity index (χ3v) is 6.08. The zero-order chi connectivity index (χ0) is 21.8. The SMILES string of the molecule is O=C(NCCC(c1ccccc1)c1ccccc1)C1c2ccccc2Oc2ccccc21. The van der Waals surface area contributed by atoms with Gasteiger partial charge in [0.1, 0.15) is 11.5 Å². The van der Waals surface area contributed by atoms with Crippen molar-refractivity contribution in [2.75, 3.05) is 6.54 Å². The van der Waals surface area contributed by atoms with Gasteiger partial charge in [0.25, 0.3) is 0 Å². The smallest absolute Gasteiger partial charge is 0.232 e. The second-order valence-corrected chi connectivity index (χ2v) is 8.06. The van der Waals surface area contributed by atoms with Crippen LogP contribution in [0.15, 0.2) is 109 Å². The predicted octanol–water partition coefficient (Wildman–Crippen LogP) is 6.26. The van der Waals surface area contributed by atoms with Crippen molar-refractivity contribution in [1.82, 2.24) is 5.32 Å². The summed E-state index contributed by atoms with van der Waals surface area (Å²) in [6.45, 7) is 0.592. The molecule has 0 saturated carbocycles. The molecule has 3 nitrogen and oxygen atoms in total. The molecule has 0 spiro atoms. The van der Waals surface area contributed by atoms with Crippen molar-refractivity contribution in [3.63, 3.8) is 0 Å². The van der Waals surface area contributed by atoms with E-state index in [0.29, 0.717) is 6.54 Å². The maximum Gasteiger partial charge on any atom is 0.232 e. The van der Waals surface area contributed by atoms with Crippen molar-refractivity contribution in [1.29, 1.82) is 0 Å². The highest BCUT2D eigenvalue weighted by atomic mass is 16.5. The first-order valence-corrected chi connectivity index (χ1v) is 11.0. The second kappa shape index (κ2) is 9.11. The Labute approximate surface area is 188 Å². The van der Waals surface area contributed by atoms with Crippen molar-refractivity contribution >= 4 is 5.91 Å². The summed E-state index contributed by atoms with van der Waals surface area (Å²) in [7, 11) is 0. The quantitative estimate of drug-likeness (QED) is 0.400. The van der Waals surface area contributed by atoms with Gasteiger partial charge >= 0.3 is 0 Å². The molecule has 158 valence electrons. The minimum absolute atomic E-state index is 0.00748. The minimum Gasteiger partial charge on any atom is -0.457 e. The Hall–Kier alpha value is -3.85. The molecule has 0 aliphatic carbocycles. The first-order chi connectivity index (χ1) is 15.8. The van der Waals surface area contributed by atoms with Crippen molar-refractivity contribution < 1.29 is 9.53 Å². The first kappa shape index (κ1) is 20.1. The van der Waals surface area contributed by atoms with Gasteiger partial charge in [-0.3, -0.25) is 4.79 Å². The number of fused-ring (bicyclic) bond motifs is 2. The van der Waals surface area contributed by atoms with Gasteiger partial charge in [-0.2, -0.15) is 0 Å². The highest BCUT2D eigenvalue weighted by Gasteiger charge is 2.32. The Balaban J connectivity index is 1.36. The van der Waals surface area contributed by atoms with Gasteiger partial charge in [0, 0.05) is 23.6 Å². The minimum atomic E-state index is -0.372. The van der Waals surface area contributed by atoms with Gasteiger partial charge in [-0.1, -0.05) is 97.1 Å². The Morgan fingerprint density at radius 1 is 0.688 bits per heavy atom. The highest BCUT2D eigenvalue weighted by Crippen LogP contribution is 2.43. The third-order valence-electron chi connectivity index (χ3n) is 6.08. The van der Waals surface area contributed by atoms with Crippen LogP contribution in [0.25, 0.3) is 0 Å². The largest absolute Gasteiger partial charge is 0.457 e. The van der Waals surface area contributed by atoms with Crippen molar-refractivity contribution in [2.45, 2.75) is 18.3 Å². The van der Waals surface area contributed by atoms with E-state index < -0.39 is 0 Å². The molecule has 5 rings (SSSR count). The molecular weight excluding hydrogens is 394 g/mol. The van der Waals surface area contributed by atoms with Crippen LogP contribution in [0.4, 0.5) is 0 Å². The summed E-state index contributed by atoms with van der Waals surface area (Å²) in [6, 6.07) is 36.6. The van der Waals surface area contributed by atoms with Gasteiger partial charge in [-0.05, 0) is 29.7 Å². The summed E-state index contributed by atoms with van der Waals surface area (Å²) in [5.41, 5.74) is 4.34. The molecule has 0 atom stereocenters. The van der Waals surface area contributed by atoms with E-state index in [0.717, 1.165) is 29.0 Å². The Kier molecular flexibility index (Phi) is 5.71. The lowest BCUT2D eigenvalue weighted by atomic mass is 9.86. The van der Waals surface area contributed by atoms with Gasteiger partial charge in [0.15, 0.2) is 0 Å². The topological polar surface area (TPSA) is 38.3 Å². The second-order valence-electron chi connectivity index (χ2n) is 8.06.